The van der Waals surface area contributed by atoms with Crippen LogP contribution in [0.15, 0.2) is 60.7 Å². The summed E-state index contributed by atoms with van der Waals surface area (Å²) in [5.74, 6) is -1.27. The first-order valence-corrected chi connectivity index (χ1v) is 9.60. The summed E-state index contributed by atoms with van der Waals surface area (Å²) in [4.78, 5) is 25.1. The third-order valence-electron chi connectivity index (χ3n) is 4.31. The van der Waals surface area contributed by atoms with Gasteiger partial charge in [-0.3, -0.25) is 0 Å². The number of esters is 1. The van der Waals surface area contributed by atoms with Crippen LogP contribution in [0.2, 0.25) is 0 Å². The van der Waals surface area contributed by atoms with E-state index in [0.717, 1.165) is 5.56 Å². The highest BCUT2D eigenvalue weighted by Crippen LogP contribution is 2.26. The SMILES string of the molecule is C[C@H]([C@H](NC(=O)OCc1ccccc1)C(=O)OC(C)(C)C)[C@@H](O)c1ccccc1. The van der Waals surface area contributed by atoms with Crippen molar-refractivity contribution < 1.29 is 24.2 Å². The van der Waals surface area contributed by atoms with Crippen LogP contribution in [-0.2, 0) is 20.9 Å². The van der Waals surface area contributed by atoms with Gasteiger partial charge in [0, 0.05) is 5.92 Å². The van der Waals surface area contributed by atoms with E-state index in [2.05, 4.69) is 5.32 Å². The fourth-order valence-electron chi connectivity index (χ4n) is 2.80. The van der Waals surface area contributed by atoms with E-state index in [1.165, 1.54) is 0 Å². The van der Waals surface area contributed by atoms with Crippen molar-refractivity contribution in [2.75, 3.05) is 0 Å². The standard InChI is InChI=1S/C23H29NO5/c1-16(20(25)18-13-9-6-10-14-18)19(21(26)29-23(2,3)4)24-22(27)28-15-17-11-7-5-8-12-17/h5-14,16,19-20,25H,15H2,1-4H3,(H,24,27)/t16-,19+,20-/m1/s1. The molecule has 2 aromatic rings. The Morgan fingerprint density at radius 1 is 1.00 bits per heavy atom. The van der Waals surface area contributed by atoms with Gasteiger partial charge < -0.3 is 19.9 Å². The fraction of sp³-hybridized carbons (Fsp3) is 0.391. The van der Waals surface area contributed by atoms with Crippen LogP contribution in [-0.4, -0.2) is 28.8 Å². The van der Waals surface area contributed by atoms with Gasteiger partial charge in [-0.1, -0.05) is 67.6 Å². The van der Waals surface area contributed by atoms with Gasteiger partial charge in [-0.15, -0.1) is 0 Å². The molecule has 2 N–H and O–H groups in total. The highest BCUT2D eigenvalue weighted by Gasteiger charge is 2.35. The van der Waals surface area contributed by atoms with Gasteiger partial charge in [0.15, 0.2) is 0 Å². The topological polar surface area (TPSA) is 84.9 Å². The maximum Gasteiger partial charge on any atom is 0.408 e. The molecule has 0 fully saturated rings. The van der Waals surface area contributed by atoms with Gasteiger partial charge in [-0.2, -0.15) is 0 Å². The van der Waals surface area contributed by atoms with Crippen molar-refractivity contribution in [3.63, 3.8) is 0 Å². The van der Waals surface area contributed by atoms with Crippen molar-refractivity contribution in [2.45, 2.75) is 52.0 Å². The molecular weight excluding hydrogens is 370 g/mol. The number of alkyl carbamates (subject to hydrolysis) is 1. The summed E-state index contributed by atoms with van der Waals surface area (Å²) in [6.45, 7) is 6.99. The number of aliphatic hydroxyl groups is 1. The molecule has 0 bridgehead atoms. The molecule has 6 heteroatoms. The normalized spacial score (nSPS) is 14.4. The molecule has 0 spiro atoms. The lowest BCUT2D eigenvalue weighted by atomic mass is 9.90. The van der Waals surface area contributed by atoms with Crippen LogP contribution in [0.4, 0.5) is 4.79 Å². The number of ether oxygens (including phenoxy) is 2. The molecule has 2 rings (SSSR count). The molecule has 0 aliphatic rings. The fourth-order valence-corrected chi connectivity index (χ4v) is 2.80. The van der Waals surface area contributed by atoms with Gasteiger partial charge in [0.2, 0.25) is 0 Å². The molecule has 0 saturated carbocycles. The first kappa shape index (κ1) is 22.4. The second kappa shape index (κ2) is 10.1. The summed E-state index contributed by atoms with van der Waals surface area (Å²) in [6.07, 6.45) is -1.72. The van der Waals surface area contributed by atoms with Crippen LogP contribution in [0.5, 0.6) is 0 Å². The quantitative estimate of drug-likeness (QED) is 0.688. The third-order valence-corrected chi connectivity index (χ3v) is 4.31. The summed E-state index contributed by atoms with van der Waals surface area (Å²) >= 11 is 0. The van der Waals surface area contributed by atoms with E-state index in [4.69, 9.17) is 9.47 Å². The maximum atomic E-state index is 12.7. The second-order valence-electron chi connectivity index (χ2n) is 7.93. The number of amides is 1. The number of carbonyl (C=O) groups is 2. The van der Waals surface area contributed by atoms with Crippen LogP contribution in [0.3, 0.4) is 0 Å². The first-order valence-electron chi connectivity index (χ1n) is 9.60. The van der Waals surface area contributed by atoms with Gasteiger partial charge in [-0.05, 0) is 31.9 Å². The van der Waals surface area contributed by atoms with Crippen molar-refractivity contribution in [3.05, 3.63) is 71.8 Å². The molecule has 0 unspecified atom stereocenters. The number of hydrogen-bond donors (Lipinski definition) is 2. The Morgan fingerprint density at radius 2 is 1.55 bits per heavy atom. The van der Waals surface area contributed by atoms with Gasteiger partial charge in [0.05, 0.1) is 6.10 Å². The number of nitrogens with one attached hydrogen (secondary N) is 1. The molecule has 3 atom stereocenters. The van der Waals surface area contributed by atoms with E-state index in [1.54, 1.807) is 52.0 Å². The molecule has 0 radical (unpaired) electrons. The number of hydrogen-bond acceptors (Lipinski definition) is 5. The Bertz CT molecular complexity index is 786. The summed E-state index contributed by atoms with van der Waals surface area (Å²) in [6, 6.07) is 17.1. The van der Waals surface area contributed by atoms with Crippen molar-refractivity contribution in [2.24, 2.45) is 5.92 Å². The molecule has 0 heterocycles. The van der Waals surface area contributed by atoms with E-state index < -0.39 is 35.7 Å². The number of carbonyl (C=O) groups excluding carboxylic acids is 2. The highest BCUT2D eigenvalue weighted by molar-refractivity contribution is 5.82. The van der Waals surface area contributed by atoms with E-state index >= 15 is 0 Å². The van der Waals surface area contributed by atoms with Crippen LogP contribution < -0.4 is 5.32 Å². The molecule has 156 valence electrons. The van der Waals surface area contributed by atoms with E-state index in [0.29, 0.717) is 5.56 Å². The second-order valence-corrected chi connectivity index (χ2v) is 7.93. The lowest BCUT2D eigenvalue weighted by Crippen LogP contribution is -2.49. The third kappa shape index (κ3) is 7.23. The molecule has 29 heavy (non-hydrogen) atoms. The zero-order valence-electron chi connectivity index (χ0n) is 17.3. The lowest BCUT2D eigenvalue weighted by molar-refractivity contribution is -0.160. The van der Waals surface area contributed by atoms with E-state index in [1.807, 2.05) is 36.4 Å². The molecule has 0 aliphatic heterocycles. The molecular formula is C23H29NO5. The predicted molar refractivity (Wildman–Crippen MR) is 110 cm³/mol. The minimum atomic E-state index is -1.08. The van der Waals surface area contributed by atoms with Gasteiger partial charge in [0.25, 0.3) is 0 Å². The van der Waals surface area contributed by atoms with Gasteiger partial charge >= 0.3 is 12.1 Å². The Morgan fingerprint density at radius 3 is 2.10 bits per heavy atom. The average Bonchev–Trinajstić information content (AvgIpc) is 2.69. The highest BCUT2D eigenvalue weighted by atomic mass is 16.6. The predicted octanol–water partition coefficient (Wildman–Crippen LogP) is 3.99. The average molecular weight is 399 g/mol. The minimum Gasteiger partial charge on any atom is -0.458 e. The van der Waals surface area contributed by atoms with Crippen molar-refractivity contribution >= 4 is 12.1 Å². The Kier molecular flexibility index (Phi) is 7.79. The molecule has 0 aliphatic carbocycles. The van der Waals surface area contributed by atoms with Crippen LogP contribution in [0, 0.1) is 5.92 Å². The summed E-state index contributed by atoms with van der Waals surface area (Å²) in [7, 11) is 0. The molecule has 0 aromatic heterocycles. The zero-order valence-corrected chi connectivity index (χ0v) is 17.3. The van der Waals surface area contributed by atoms with Crippen LogP contribution >= 0.6 is 0 Å². The van der Waals surface area contributed by atoms with Crippen molar-refractivity contribution in [1.82, 2.24) is 5.32 Å². The Labute approximate surface area is 171 Å². The van der Waals surface area contributed by atoms with Crippen LogP contribution in [0.1, 0.15) is 44.9 Å². The van der Waals surface area contributed by atoms with Crippen molar-refractivity contribution in [1.29, 1.82) is 0 Å². The van der Waals surface area contributed by atoms with Crippen LogP contribution in [0.25, 0.3) is 0 Å². The first-order chi connectivity index (χ1) is 13.7. The minimum absolute atomic E-state index is 0.0727. The molecule has 6 nitrogen and oxygen atoms in total. The summed E-state index contributed by atoms with van der Waals surface area (Å²) < 4.78 is 10.7. The summed E-state index contributed by atoms with van der Waals surface area (Å²) in [5.41, 5.74) is 0.740. The zero-order chi connectivity index (χ0) is 21.4. The monoisotopic (exact) mass is 399 g/mol. The molecule has 2 aromatic carbocycles. The lowest BCUT2D eigenvalue weighted by Gasteiger charge is -2.30. The molecule has 1 amide bonds. The number of aliphatic hydroxyl groups excluding tert-OH is 1. The van der Waals surface area contributed by atoms with Gasteiger partial charge in [0.1, 0.15) is 18.2 Å². The smallest absolute Gasteiger partial charge is 0.408 e. The number of rotatable bonds is 7. The van der Waals surface area contributed by atoms with E-state index in [-0.39, 0.29) is 6.61 Å². The largest absolute Gasteiger partial charge is 0.458 e. The summed E-state index contributed by atoms with van der Waals surface area (Å²) in [5, 5.41) is 13.3. The Hall–Kier alpha value is -2.86. The van der Waals surface area contributed by atoms with E-state index in [9.17, 15) is 14.7 Å². The van der Waals surface area contributed by atoms with Crippen molar-refractivity contribution in [3.8, 4) is 0 Å². The Balaban J connectivity index is 2.11. The maximum absolute atomic E-state index is 12.7. The number of benzene rings is 2. The van der Waals surface area contributed by atoms with Gasteiger partial charge in [-0.25, -0.2) is 9.59 Å². The molecule has 0 saturated heterocycles.